The molecule has 96 valence electrons. The molecule has 18 heavy (non-hydrogen) atoms. The lowest BCUT2D eigenvalue weighted by atomic mass is 10.0. The quantitative estimate of drug-likeness (QED) is 0.721. The van der Waals surface area contributed by atoms with E-state index in [1.165, 1.54) is 0 Å². The van der Waals surface area contributed by atoms with Crippen LogP contribution in [0.15, 0.2) is 24.3 Å². The molecule has 0 N–H and O–H groups in total. The minimum atomic E-state index is -0.230. The molecule has 0 fully saturated rings. The Morgan fingerprint density at radius 3 is 2.56 bits per heavy atom. The van der Waals surface area contributed by atoms with Crippen LogP contribution in [0.4, 0.5) is 0 Å². The molecular weight excluding hydrogens is 228 g/mol. The van der Waals surface area contributed by atoms with Gasteiger partial charge in [0, 0.05) is 18.5 Å². The second-order valence-electron chi connectivity index (χ2n) is 4.16. The molecular formula is C14H18N2O2. The lowest BCUT2D eigenvalue weighted by Gasteiger charge is -2.22. The number of methoxy groups -OCH3 is 1. The van der Waals surface area contributed by atoms with Crippen molar-refractivity contribution in [3.63, 3.8) is 0 Å². The predicted octanol–water partition coefficient (Wildman–Crippen LogP) is 2.11. The van der Waals surface area contributed by atoms with Crippen molar-refractivity contribution in [1.29, 1.82) is 5.26 Å². The fourth-order valence-electron chi connectivity index (χ4n) is 1.62. The molecule has 0 aliphatic carbocycles. The highest BCUT2D eigenvalue weighted by Crippen LogP contribution is 2.14. The molecule has 1 rings (SSSR count). The van der Waals surface area contributed by atoms with Gasteiger partial charge in [0.15, 0.2) is 5.78 Å². The van der Waals surface area contributed by atoms with Gasteiger partial charge in [-0.2, -0.15) is 5.26 Å². The molecule has 1 unspecified atom stereocenters. The van der Waals surface area contributed by atoms with E-state index < -0.39 is 0 Å². The Kier molecular flexibility index (Phi) is 5.34. The van der Waals surface area contributed by atoms with E-state index in [2.05, 4.69) is 6.07 Å². The summed E-state index contributed by atoms with van der Waals surface area (Å²) in [5.41, 5.74) is 0.659. The second-order valence-corrected chi connectivity index (χ2v) is 4.16. The summed E-state index contributed by atoms with van der Waals surface area (Å²) in [5.74, 6) is 0.787. The zero-order valence-electron chi connectivity index (χ0n) is 11.0. The number of nitriles is 1. The number of hydrogen-bond donors (Lipinski definition) is 0. The monoisotopic (exact) mass is 246 g/mol. The lowest BCUT2D eigenvalue weighted by molar-refractivity contribution is 0.0871. The summed E-state index contributed by atoms with van der Waals surface area (Å²) in [6, 6.07) is 8.91. The summed E-state index contributed by atoms with van der Waals surface area (Å²) < 4.78 is 5.05. The molecule has 0 amide bonds. The molecule has 0 radical (unpaired) electrons. The first-order chi connectivity index (χ1) is 8.60. The Labute approximate surface area is 108 Å². The highest BCUT2D eigenvalue weighted by molar-refractivity contribution is 5.99. The first-order valence-electron chi connectivity index (χ1n) is 5.85. The maximum atomic E-state index is 12.2. The van der Waals surface area contributed by atoms with Crippen LogP contribution >= 0.6 is 0 Å². The zero-order chi connectivity index (χ0) is 13.5. The van der Waals surface area contributed by atoms with Crippen LogP contribution in [-0.4, -0.2) is 37.4 Å². The van der Waals surface area contributed by atoms with Crippen LogP contribution in [0.3, 0.4) is 0 Å². The van der Waals surface area contributed by atoms with Crippen molar-refractivity contribution in [1.82, 2.24) is 4.90 Å². The van der Waals surface area contributed by atoms with E-state index >= 15 is 0 Å². The third kappa shape index (κ3) is 3.57. The van der Waals surface area contributed by atoms with E-state index in [1.54, 1.807) is 31.4 Å². The van der Waals surface area contributed by atoms with Crippen molar-refractivity contribution in [3.8, 4) is 11.8 Å². The lowest BCUT2D eigenvalue weighted by Crippen LogP contribution is -2.36. The van der Waals surface area contributed by atoms with E-state index in [0.29, 0.717) is 18.5 Å². The number of hydrogen-bond acceptors (Lipinski definition) is 4. The molecule has 0 saturated heterocycles. The highest BCUT2D eigenvalue weighted by Gasteiger charge is 2.19. The molecule has 0 aliphatic rings. The van der Waals surface area contributed by atoms with Crippen molar-refractivity contribution in [2.75, 3.05) is 20.7 Å². The predicted molar refractivity (Wildman–Crippen MR) is 69.6 cm³/mol. The Bertz CT molecular complexity index is 434. The van der Waals surface area contributed by atoms with Gasteiger partial charge >= 0.3 is 0 Å². The van der Waals surface area contributed by atoms with Crippen LogP contribution in [0.1, 0.15) is 23.7 Å². The molecule has 0 saturated carbocycles. The molecule has 0 spiro atoms. The average Bonchev–Trinajstić information content (AvgIpc) is 2.43. The van der Waals surface area contributed by atoms with Crippen LogP contribution in [0.25, 0.3) is 0 Å². The minimum Gasteiger partial charge on any atom is -0.497 e. The Hall–Kier alpha value is -1.86. The van der Waals surface area contributed by atoms with Crippen molar-refractivity contribution >= 4 is 5.78 Å². The van der Waals surface area contributed by atoms with Gasteiger partial charge in [0.25, 0.3) is 0 Å². The molecule has 4 nitrogen and oxygen atoms in total. The molecule has 4 heteroatoms. The fourth-order valence-corrected chi connectivity index (χ4v) is 1.62. The Morgan fingerprint density at radius 1 is 1.44 bits per heavy atom. The van der Waals surface area contributed by atoms with Gasteiger partial charge in [-0.1, -0.05) is 0 Å². The number of ether oxygens (including phenoxy) is 1. The third-order valence-electron chi connectivity index (χ3n) is 2.99. The van der Waals surface area contributed by atoms with E-state index in [9.17, 15) is 4.79 Å². The largest absolute Gasteiger partial charge is 0.497 e. The summed E-state index contributed by atoms with van der Waals surface area (Å²) in [4.78, 5) is 14.1. The number of ketones is 1. The average molecular weight is 246 g/mol. The number of likely N-dealkylation sites (N-methyl/N-ethyl adjacent to an activating group) is 1. The summed E-state index contributed by atoms with van der Waals surface area (Å²) in [6.45, 7) is 2.45. The van der Waals surface area contributed by atoms with Gasteiger partial charge in [0.05, 0.1) is 19.2 Å². The molecule has 0 aliphatic heterocycles. The number of rotatable bonds is 6. The molecule has 1 aromatic carbocycles. The first kappa shape index (κ1) is 14.2. The van der Waals surface area contributed by atoms with Gasteiger partial charge in [0.2, 0.25) is 0 Å². The number of Topliss-reactive ketones (excluding diaryl/α,β-unsaturated/α-hetero) is 1. The zero-order valence-corrected chi connectivity index (χ0v) is 11.0. The van der Waals surface area contributed by atoms with Crippen LogP contribution in [0.2, 0.25) is 0 Å². The maximum absolute atomic E-state index is 12.2. The van der Waals surface area contributed by atoms with Crippen molar-refractivity contribution in [3.05, 3.63) is 29.8 Å². The molecule has 1 aromatic rings. The molecule has 0 bridgehead atoms. The van der Waals surface area contributed by atoms with Gasteiger partial charge in [-0.05, 0) is 38.2 Å². The molecule has 1 atom stereocenters. The number of carbonyl (C=O) groups is 1. The van der Waals surface area contributed by atoms with E-state index in [4.69, 9.17) is 10.00 Å². The fraction of sp³-hybridized carbons (Fsp3) is 0.429. The molecule has 0 heterocycles. The minimum absolute atomic E-state index is 0.0538. The highest BCUT2D eigenvalue weighted by atomic mass is 16.5. The third-order valence-corrected chi connectivity index (χ3v) is 2.99. The summed E-state index contributed by atoms with van der Waals surface area (Å²) in [7, 11) is 3.44. The van der Waals surface area contributed by atoms with Crippen LogP contribution in [-0.2, 0) is 0 Å². The van der Waals surface area contributed by atoms with E-state index in [0.717, 1.165) is 5.75 Å². The van der Waals surface area contributed by atoms with Crippen LogP contribution in [0, 0.1) is 11.3 Å². The van der Waals surface area contributed by atoms with Gasteiger partial charge < -0.3 is 4.74 Å². The van der Waals surface area contributed by atoms with Crippen molar-refractivity contribution in [2.45, 2.75) is 19.4 Å². The number of nitrogens with zero attached hydrogens (tertiary/aromatic N) is 2. The smallest absolute Gasteiger partial charge is 0.179 e. The van der Waals surface area contributed by atoms with Gasteiger partial charge in [-0.25, -0.2) is 0 Å². The van der Waals surface area contributed by atoms with Gasteiger partial charge in [-0.15, -0.1) is 0 Å². The van der Waals surface area contributed by atoms with E-state index in [1.807, 2.05) is 18.9 Å². The summed E-state index contributed by atoms with van der Waals surface area (Å²) in [6.07, 6.45) is 0.427. The summed E-state index contributed by atoms with van der Waals surface area (Å²) >= 11 is 0. The normalized spacial score (nSPS) is 11.9. The van der Waals surface area contributed by atoms with Gasteiger partial charge in [-0.3, -0.25) is 9.69 Å². The van der Waals surface area contributed by atoms with Crippen molar-refractivity contribution in [2.24, 2.45) is 0 Å². The topological polar surface area (TPSA) is 53.3 Å². The first-order valence-corrected chi connectivity index (χ1v) is 5.85. The Morgan fingerprint density at radius 2 is 2.06 bits per heavy atom. The molecule has 0 aromatic heterocycles. The maximum Gasteiger partial charge on any atom is 0.179 e. The Balaban J connectivity index is 2.70. The van der Waals surface area contributed by atoms with Crippen LogP contribution in [0.5, 0.6) is 5.75 Å². The summed E-state index contributed by atoms with van der Waals surface area (Å²) in [5, 5.41) is 8.53. The standard InChI is InChI=1S/C14H18N2O2/c1-11(16(2)10-4-9-15)14(17)12-5-7-13(18-3)8-6-12/h5-8,11H,4,10H2,1-3H3. The second kappa shape index (κ2) is 6.77. The van der Waals surface area contributed by atoms with Crippen LogP contribution < -0.4 is 4.74 Å². The van der Waals surface area contributed by atoms with Gasteiger partial charge in [0.1, 0.15) is 5.75 Å². The number of carbonyl (C=O) groups excluding carboxylic acids is 1. The SMILES string of the molecule is COc1ccc(C(=O)C(C)N(C)CCC#N)cc1. The van der Waals surface area contributed by atoms with Crippen molar-refractivity contribution < 1.29 is 9.53 Å². The van der Waals surface area contributed by atoms with E-state index in [-0.39, 0.29) is 11.8 Å². The number of benzene rings is 1.